The third kappa shape index (κ3) is 3.08. The first-order valence-electron chi connectivity index (χ1n) is 6.60. The van der Waals surface area contributed by atoms with Crippen LogP contribution in [0.3, 0.4) is 0 Å². The molecule has 0 amide bonds. The standard InChI is InChI=1S/C16H16N2OS/c1-12(10-15-6-3-8-19-15)18-14-5-2-4-13(11-14)16-17-7-9-20-16/h2-9,11-12,18H,10H2,1H3. The van der Waals surface area contributed by atoms with Gasteiger partial charge in [-0.25, -0.2) is 4.98 Å². The van der Waals surface area contributed by atoms with Crippen LogP contribution in [0.25, 0.3) is 10.6 Å². The fourth-order valence-electron chi connectivity index (χ4n) is 2.17. The van der Waals surface area contributed by atoms with Crippen molar-refractivity contribution in [2.24, 2.45) is 0 Å². The fourth-order valence-corrected chi connectivity index (χ4v) is 2.81. The molecule has 2 heterocycles. The van der Waals surface area contributed by atoms with Gasteiger partial charge < -0.3 is 9.73 Å². The van der Waals surface area contributed by atoms with E-state index in [9.17, 15) is 0 Å². The predicted molar refractivity (Wildman–Crippen MR) is 83.0 cm³/mol. The highest BCUT2D eigenvalue weighted by Crippen LogP contribution is 2.24. The van der Waals surface area contributed by atoms with Crippen LogP contribution in [0.2, 0.25) is 0 Å². The number of thiazole rings is 1. The molecular weight excluding hydrogens is 268 g/mol. The van der Waals surface area contributed by atoms with Crippen molar-refractivity contribution in [3.8, 4) is 10.6 Å². The number of nitrogens with zero attached hydrogens (tertiary/aromatic N) is 1. The van der Waals surface area contributed by atoms with Gasteiger partial charge in [0.05, 0.1) is 6.26 Å². The van der Waals surface area contributed by atoms with E-state index in [0.29, 0.717) is 6.04 Å². The molecule has 0 spiro atoms. The molecule has 0 aliphatic heterocycles. The van der Waals surface area contributed by atoms with Crippen LogP contribution in [0.4, 0.5) is 5.69 Å². The average molecular weight is 284 g/mol. The summed E-state index contributed by atoms with van der Waals surface area (Å²) in [5.41, 5.74) is 2.26. The minimum Gasteiger partial charge on any atom is -0.469 e. The average Bonchev–Trinajstić information content (AvgIpc) is 3.11. The van der Waals surface area contributed by atoms with Gasteiger partial charge in [0.1, 0.15) is 10.8 Å². The van der Waals surface area contributed by atoms with E-state index in [2.05, 4.69) is 41.5 Å². The Hall–Kier alpha value is -2.07. The Morgan fingerprint density at radius 3 is 3.00 bits per heavy atom. The Morgan fingerprint density at radius 1 is 1.30 bits per heavy atom. The summed E-state index contributed by atoms with van der Waals surface area (Å²) in [5, 5.41) is 6.54. The molecule has 0 saturated carbocycles. The number of benzene rings is 1. The van der Waals surface area contributed by atoms with Crippen molar-refractivity contribution in [1.29, 1.82) is 0 Å². The summed E-state index contributed by atoms with van der Waals surface area (Å²) in [6.07, 6.45) is 4.42. The molecule has 20 heavy (non-hydrogen) atoms. The Kier molecular flexibility index (Phi) is 3.83. The molecule has 1 N–H and O–H groups in total. The summed E-state index contributed by atoms with van der Waals surface area (Å²) in [6.45, 7) is 2.15. The van der Waals surface area contributed by atoms with E-state index in [1.54, 1.807) is 17.6 Å². The summed E-state index contributed by atoms with van der Waals surface area (Å²) in [4.78, 5) is 4.34. The van der Waals surface area contributed by atoms with Gasteiger partial charge in [-0.1, -0.05) is 12.1 Å². The number of furan rings is 1. The van der Waals surface area contributed by atoms with Gasteiger partial charge in [0.25, 0.3) is 0 Å². The van der Waals surface area contributed by atoms with Gasteiger partial charge >= 0.3 is 0 Å². The lowest BCUT2D eigenvalue weighted by Crippen LogP contribution is -2.17. The van der Waals surface area contributed by atoms with E-state index in [1.807, 2.05) is 23.7 Å². The first-order valence-corrected chi connectivity index (χ1v) is 7.48. The van der Waals surface area contributed by atoms with Crippen molar-refractivity contribution in [3.63, 3.8) is 0 Å². The monoisotopic (exact) mass is 284 g/mol. The first-order chi connectivity index (χ1) is 9.81. The molecule has 0 bridgehead atoms. The van der Waals surface area contributed by atoms with Crippen LogP contribution in [0, 0.1) is 0 Å². The van der Waals surface area contributed by atoms with Crippen LogP contribution in [0.5, 0.6) is 0 Å². The topological polar surface area (TPSA) is 38.1 Å². The Labute approximate surface area is 122 Å². The maximum atomic E-state index is 5.38. The van der Waals surface area contributed by atoms with Crippen molar-refractivity contribution < 1.29 is 4.42 Å². The fraction of sp³-hybridized carbons (Fsp3) is 0.188. The Bertz CT molecular complexity index is 647. The van der Waals surface area contributed by atoms with Crippen molar-refractivity contribution in [1.82, 2.24) is 4.98 Å². The summed E-state index contributed by atoms with van der Waals surface area (Å²) in [6, 6.07) is 12.6. The summed E-state index contributed by atoms with van der Waals surface area (Å²) >= 11 is 1.65. The first kappa shape index (κ1) is 12.9. The number of anilines is 1. The zero-order valence-electron chi connectivity index (χ0n) is 11.2. The van der Waals surface area contributed by atoms with Gasteiger partial charge in [-0.05, 0) is 31.2 Å². The highest BCUT2D eigenvalue weighted by molar-refractivity contribution is 7.13. The highest BCUT2D eigenvalue weighted by Gasteiger charge is 2.07. The largest absolute Gasteiger partial charge is 0.469 e. The van der Waals surface area contributed by atoms with E-state index in [1.165, 1.54) is 0 Å². The molecular formula is C16H16N2OS. The zero-order chi connectivity index (χ0) is 13.8. The van der Waals surface area contributed by atoms with Crippen molar-refractivity contribution in [2.75, 3.05) is 5.32 Å². The van der Waals surface area contributed by atoms with Crippen LogP contribution in [0.15, 0.2) is 58.7 Å². The van der Waals surface area contributed by atoms with Crippen molar-refractivity contribution in [2.45, 2.75) is 19.4 Å². The number of hydrogen-bond acceptors (Lipinski definition) is 4. The minimum absolute atomic E-state index is 0.313. The number of rotatable bonds is 5. The summed E-state index contributed by atoms with van der Waals surface area (Å²) in [7, 11) is 0. The second-order valence-electron chi connectivity index (χ2n) is 4.75. The Balaban J connectivity index is 1.70. The molecule has 0 aliphatic rings. The van der Waals surface area contributed by atoms with Gasteiger partial charge in [0.2, 0.25) is 0 Å². The molecule has 0 aliphatic carbocycles. The van der Waals surface area contributed by atoms with E-state index >= 15 is 0 Å². The summed E-state index contributed by atoms with van der Waals surface area (Å²) < 4.78 is 5.38. The van der Waals surface area contributed by atoms with Crippen LogP contribution in [-0.2, 0) is 6.42 Å². The van der Waals surface area contributed by atoms with Crippen molar-refractivity contribution >= 4 is 17.0 Å². The molecule has 3 nitrogen and oxygen atoms in total. The van der Waals surface area contributed by atoms with Crippen LogP contribution < -0.4 is 5.32 Å². The molecule has 102 valence electrons. The molecule has 3 rings (SSSR count). The molecule has 0 radical (unpaired) electrons. The van der Waals surface area contributed by atoms with Gasteiger partial charge in [0, 0.05) is 35.3 Å². The van der Waals surface area contributed by atoms with Crippen LogP contribution >= 0.6 is 11.3 Å². The van der Waals surface area contributed by atoms with Gasteiger partial charge in [-0.3, -0.25) is 0 Å². The molecule has 3 aromatic rings. The van der Waals surface area contributed by atoms with Crippen molar-refractivity contribution in [3.05, 3.63) is 60.0 Å². The third-order valence-corrected chi connectivity index (χ3v) is 3.86. The maximum Gasteiger partial charge on any atom is 0.123 e. The van der Waals surface area contributed by atoms with Gasteiger partial charge in [-0.15, -0.1) is 11.3 Å². The molecule has 2 aromatic heterocycles. The zero-order valence-corrected chi connectivity index (χ0v) is 12.1. The molecule has 1 unspecified atom stereocenters. The number of nitrogens with one attached hydrogen (secondary N) is 1. The van der Waals surface area contributed by atoms with E-state index in [-0.39, 0.29) is 0 Å². The molecule has 4 heteroatoms. The summed E-state index contributed by atoms with van der Waals surface area (Å²) in [5.74, 6) is 1.00. The van der Waals surface area contributed by atoms with Gasteiger partial charge in [-0.2, -0.15) is 0 Å². The normalized spacial score (nSPS) is 12.2. The molecule has 0 fully saturated rings. The highest BCUT2D eigenvalue weighted by atomic mass is 32.1. The number of aromatic nitrogens is 1. The molecule has 1 atom stereocenters. The van der Waals surface area contributed by atoms with E-state index < -0.39 is 0 Å². The predicted octanol–water partition coefficient (Wildman–Crippen LogP) is 4.45. The van der Waals surface area contributed by atoms with Crippen LogP contribution in [0.1, 0.15) is 12.7 Å². The number of hydrogen-bond donors (Lipinski definition) is 1. The quantitative estimate of drug-likeness (QED) is 0.752. The smallest absolute Gasteiger partial charge is 0.123 e. The SMILES string of the molecule is CC(Cc1ccco1)Nc1cccc(-c2nccs2)c1. The lowest BCUT2D eigenvalue weighted by atomic mass is 10.1. The lowest BCUT2D eigenvalue weighted by molar-refractivity contribution is 0.498. The van der Waals surface area contributed by atoms with Gasteiger partial charge in [0.15, 0.2) is 0 Å². The van der Waals surface area contributed by atoms with E-state index in [4.69, 9.17) is 4.42 Å². The van der Waals surface area contributed by atoms with E-state index in [0.717, 1.165) is 28.4 Å². The molecule has 0 saturated heterocycles. The minimum atomic E-state index is 0.313. The van der Waals surface area contributed by atoms with Crippen LogP contribution in [-0.4, -0.2) is 11.0 Å². The Morgan fingerprint density at radius 2 is 2.25 bits per heavy atom. The maximum absolute atomic E-state index is 5.38. The molecule has 1 aromatic carbocycles. The lowest BCUT2D eigenvalue weighted by Gasteiger charge is -2.14. The second kappa shape index (κ2) is 5.92. The second-order valence-corrected chi connectivity index (χ2v) is 5.64. The third-order valence-electron chi connectivity index (χ3n) is 3.04.